The first-order valence-corrected chi connectivity index (χ1v) is 6.49. The summed E-state index contributed by atoms with van der Waals surface area (Å²) in [5.41, 5.74) is 3.56. The third-order valence-corrected chi connectivity index (χ3v) is 3.30. The molecule has 1 aliphatic heterocycles. The zero-order valence-electron chi connectivity index (χ0n) is 10.8. The molecule has 0 saturated carbocycles. The fourth-order valence-electron chi connectivity index (χ4n) is 2.21. The first-order valence-electron chi connectivity index (χ1n) is 6.49. The Morgan fingerprint density at radius 1 is 1.39 bits per heavy atom. The molecule has 0 aromatic heterocycles. The molecule has 1 atom stereocenters. The second kappa shape index (κ2) is 6.40. The number of rotatable bonds is 3. The second-order valence-corrected chi connectivity index (χ2v) is 4.72. The topological polar surface area (TPSA) is 41.6 Å². The summed E-state index contributed by atoms with van der Waals surface area (Å²) in [6.45, 7) is 3.30. The molecule has 1 aromatic carbocycles. The van der Waals surface area contributed by atoms with E-state index in [2.05, 4.69) is 12.4 Å². The van der Waals surface area contributed by atoms with Crippen molar-refractivity contribution in [1.29, 1.82) is 0 Å². The number of urea groups is 1. The van der Waals surface area contributed by atoms with Gasteiger partial charge in [0.25, 0.3) is 0 Å². The highest BCUT2D eigenvalue weighted by Crippen LogP contribution is 2.16. The van der Waals surface area contributed by atoms with Gasteiger partial charge in [-0.3, -0.25) is 4.84 Å². The van der Waals surface area contributed by atoms with Gasteiger partial charge in [0.2, 0.25) is 0 Å². The van der Waals surface area contributed by atoms with E-state index in [0.29, 0.717) is 12.6 Å². The molecule has 1 unspecified atom stereocenters. The summed E-state index contributed by atoms with van der Waals surface area (Å²) in [5.74, 6) is 0. The predicted octanol–water partition coefficient (Wildman–Crippen LogP) is 2.70. The van der Waals surface area contributed by atoms with Crippen LogP contribution in [0.25, 0.3) is 0 Å². The van der Waals surface area contributed by atoms with E-state index >= 15 is 0 Å². The molecule has 1 N–H and O–H groups in total. The van der Waals surface area contributed by atoms with Gasteiger partial charge in [0, 0.05) is 12.6 Å². The number of piperidine rings is 1. The molecule has 2 amide bonds. The number of likely N-dealkylation sites (tertiary alicyclic amines) is 1. The van der Waals surface area contributed by atoms with Gasteiger partial charge in [-0.05, 0) is 31.7 Å². The van der Waals surface area contributed by atoms with E-state index < -0.39 is 0 Å². The van der Waals surface area contributed by atoms with Gasteiger partial charge in [0.1, 0.15) is 0 Å². The van der Waals surface area contributed by atoms with Crippen LogP contribution in [0.2, 0.25) is 0 Å². The fraction of sp³-hybridized carbons (Fsp3) is 0.500. The van der Waals surface area contributed by atoms with Crippen LogP contribution in [0.4, 0.5) is 4.79 Å². The molecular formula is C14H20N2O2. The quantitative estimate of drug-likeness (QED) is 0.836. The Morgan fingerprint density at radius 2 is 2.17 bits per heavy atom. The normalized spacial score (nSPS) is 19.6. The maximum atomic E-state index is 11.9. The molecule has 1 aromatic rings. The molecule has 1 saturated heterocycles. The number of hydrogen-bond donors (Lipinski definition) is 1. The summed E-state index contributed by atoms with van der Waals surface area (Å²) in [5, 5.41) is 0. The largest absolute Gasteiger partial charge is 0.341 e. The summed E-state index contributed by atoms with van der Waals surface area (Å²) in [7, 11) is 0. The monoisotopic (exact) mass is 248 g/mol. The number of nitrogens with one attached hydrogen (secondary N) is 1. The molecule has 18 heavy (non-hydrogen) atoms. The highest BCUT2D eigenvalue weighted by Gasteiger charge is 2.22. The van der Waals surface area contributed by atoms with E-state index in [1.807, 2.05) is 35.2 Å². The number of nitrogens with zero attached hydrogens (tertiary/aromatic N) is 1. The number of benzene rings is 1. The van der Waals surface area contributed by atoms with Crippen molar-refractivity contribution in [3.05, 3.63) is 35.9 Å². The van der Waals surface area contributed by atoms with Crippen LogP contribution in [0.1, 0.15) is 31.7 Å². The summed E-state index contributed by atoms with van der Waals surface area (Å²) >= 11 is 0. The molecule has 1 heterocycles. The van der Waals surface area contributed by atoms with Gasteiger partial charge in [0.15, 0.2) is 0 Å². The number of amides is 2. The minimum atomic E-state index is -0.127. The molecule has 0 aliphatic carbocycles. The lowest BCUT2D eigenvalue weighted by Crippen LogP contribution is -2.47. The number of carbonyl (C=O) groups excluding carboxylic acids is 1. The van der Waals surface area contributed by atoms with Crippen molar-refractivity contribution in [3.63, 3.8) is 0 Å². The lowest BCUT2D eigenvalue weighted by atomic mass is 10.0. The molecule has 2 rings (SSSR count). The van der Waals surface area contributed by atoms with Gasteiger partial charge >= 0.3 is 6.03 Å². The standard InChI is InChI=1S/C14H20N2O2/c1-12-7-5-6-10-16(12)14(17)15-18-11-13-8-3-2-4-9-13/h2-4,8-9,12H,5-7,10-11H2,1H3,(H,15,17). The third kappa shape index (κ3) is 3.47. The van der Waals surface area contributed by atoms with Gasteiger partial charge in [0.05, 0.1) is 6.61 Å². The van der Waals surface area contributed by atoms with E-state index in [0.717, 1.165) is 24.9 Å². The minimum Gasteiger partial charge on any atom is -0.320 e. The molecule has 4 heteroatoms. The molecule has 1 aliphatic rings. The van der Waals surface area contributed by atoms with E-state index in [1.165, 1.54) is 6.42 Å². The Hall–Kier alpha value is -1.55. The van der Waals surface area contributed by atoms with Gasteiger partial charge < -0.3 is 4.90 Å². The van der Waals surface area contributed by atoms with E-state index in [1.54, 1.807) is 0 Å². The van der Waals surface area contributed by atoms with Crippen LogP contribution in [0.3, 0.4) is 0 Å². The van der Waals surface area contributed by atoms with Crippen LogP contribution >= 0.6 is 0 Å². The zero-order chi connectivity index (χ0) is 12.8. The van der Waals surface area contributed by atoms with Crippen LogP contribution in [0, 0.1) is 0 Å². The Morgan fingerprint density at radius 3 is 2.89 bits per heavy atom. The van der Waals surface area contributed by atoms with Crippen molar-refractivity contribution < 1.29 is 9.63 Å². The first-order chi connectivity index (χ1) is 8.77. The minimum absolute atomic E-state index is 0.127. The molecule has 0 spiro atoms. The summed E-state index contributed by atoms with van der Waals surface area (Å²) in [6, 6.07) is 9.97. The van der Waals surface area contributed by atoms with Crippen LogP contribution < -0.4 is 5.48 Å². The van der Waals surface area contributed by atoms with Crippen molar-refractivity contribution in [3.8, 4) is 0 Å². The van der Waals surface area contributed by atoms with E-state index in [9.17, 15) is 4.79 Å². The average Bonchev–Trinajstić information content (AvgIpc) is 2.40. The van der Waals surface area contributed by atoms with Crippen molar-refractivity contribution in [2.45, 2.75) is 38.8 Å². The number of hydroxylamine groups is 1. The first kappa shape index (κ1) is 12.9. The molecular weight excluding hydrogens is 228 g/mol. The highest BCUT2D eigenvalue weighted by atomic mass is 16.7. The van der Waals surface area contributed by atoms with Crippen LogP contribution in [-0.2, 0) is 11.4 Å². The zero-order valence-corrected chi connectivity index (χ0v) is 10.8. The molecule has 98 valence electrons. The Labute approximate surface area is 108 Å². The summed E-state index contributed by atoms with van der Waals surface area (Å²) in [4.78, 5) is 19.0. The van der Waals surface area contributed by atoms with Gasteiger partial charge in [-0.25, -0.2) is 10.3 Å². The Balaban J connectivity index is 1.74. The number of hydrogen-bond acceptors (Lipinski definition) is 2. The number of carbonyl (C=O) groups is 1. The van der Waals surface area contributed by atoms with Gasteiger partial charge in [-0.1, -0.05) is 30.3 Å². The van der Waals surface area contributed by atoms with E-state index in [4.69, 9.17) is 4.84 Å². The van der Waals surface area contributed by atoms with Crippen molar-refractivity contribution in [2.24, 2.45) is 0 Å². The van der Waals surface area contributed by atoms with Crippen molar-refractivity contribution >= 4 is 6.03 Å². The van der Waals surface area contributed by atoms with Crippen LogP contribution in [-0.4, -0.2) is 23.5 Å². The van der Waals surface area contributed by atoms with Crippen molar-refractivity contribution in [1.82, 2.24) is 10.4 Å². The summed E-state index contributed by atoms with van der Waals surface area (Å²) in [6.07, 6.45) is 3.36. The van der Waals surface area contributed by atoms with Gasteiger partial charge in [-0.15, -0.1) is 0 Å². The Kier molecular flexibility index (Phi) is 4.59. The summed E-state index contributed by atoms with van der Waals surface area (Å²) < 4.78 is 0. The van der Waals surface area contributed by atoms with Crippen LogP contribution in [0.15, 0.2) is 30.3 Å². The van der Waals surface area contributed by atoms with Gasteiger partial charge in [-0.2, -0.15) is 0 Å². The lowest BCUT2D eigenvalue weighted by Gasteiger charge is -2.32. The molecule has 4 nitrogen and oxygen atoms in total. The third-order valence-electron chi connectivity index (χ3n) is 3.30. The lowest BCUT2D eigenvalue weighted by molar-refractivity contribution is 0.0292. The van der Waals surface area contributed by atoms with E-state index in [-0.39, 0.29) is 6.03 Å². The maximum Gasteiger partial charge on any atom is 0.341 e. The predicted molar refractivity (Wildman–Crippen MR) is 69.8 cm³/mol. The van der Waals surface area contributed by atoms with Crippen molar-refractivity contribution in [2.75, 3.05) is 6.54 Å². The smallest absolute Gasteiger partial charge is 0.320 e. The Bertz CT molecular complexity index is 381. The molecule has 0 bridgehead atoms. The highest BCUT2D eigenvalue weighted by molar-refractivity contribution is 5.73. The average molecular weight is 248 g/mol. The second-order valence-electron chi connectivity index (χ2n) is 4.72. The maximum absolute atomic E-state index is 11.9. The molecule has 0 radical (unpaired) electrons. The fourth-order valence-corrected chi connectivity index (χ4v) is 2.21. The SMILES string of the molecule is CC1CCCCN1C(=O)NOCc1ccccc1. The molecule has 1 fully saturated rings. The van der Waals surface area contributed by atoms with Crippen LogP contribution in [0.5, 0.6) is 0 Å².